The number of hydrogen-bond donors (Lipinski definition) is 2. The van der Waals surface area contributed by atoms with Crippen LogP contribution in [0.25, 0.3) is 0 Å². The van der Waals surface area contributed by atoms with Crippen LogP contribution in [-0.2, 0) is 0 Å². The molecule has 0 radical (unpaired) electrons. The average Bonchev–Trinajstić information content (AvgIpc) is 3.18. The number of benzene rings is 1. The lowest BCUT2D eigenvalue weighted by atomic mass is 10.0. The maximum Gasteiger partial charge on any atom is 0.255 e. The van der Waals surface area contributed by atoms with E-state index in [1.54, 1.807) is 6.20 Å². The second-order valence-corrected chi connectivity index (χ2v) is 5.11. The Kier molecular flexibility index (Phi) is 3.07. The minimum atomic E-state index is -0.0491. The van der Waals surface area contributed by atoms with Gasteiger partial charge in [-0.2, -0.15) is 5.10 Å². The van der Waals surface area contributed by atoms with Crippen LogP contribution in [0.2, 0.25) is 0 Å². The molecule has 0 saturated heterocycles. The van der Waals surface area contributed by atoms with Crippen molar-refractivity contribution in [1.82, 2.24) is 15.5 Å². The number of nitrogens with zero attached hydrogens (tertiary/aromatic N) is 1. The summed E-state index contributed by atoms with van der Waals surface area (Å²) in [5.74, 6) is 0.519. The molecule has 1 fully saturated rings. The van der Waals surface area contributed by atoms with Crippen LogP contribution in [0.4, 0.5) is 0 Å². The molecular weight excluding hydrogens is 238 g/mol. The first-order chi connectivity index (χ1) is 9.25. The first-order valence-electron chi connectivity index (χ1n) is 6.61. The Morgan fingerprint density at radius 2 is 2.11 bits per heavy atom. The van der Waals surface area contributed by atoms with Gasteiger partial charge in [0.25, 0.3) is 5.91 Å². The van der Waals surface area contributed by atoms with E-state index >= 15 is 0 Å². The van der Waals surface area contributed by atoms with E-state index < -0.39 is 0 Å². The third-order valence-electron chi connectivity index (χ3n) is 3.61. The molecule has 3 rings (SSSR count). The molecule has 1 aliphatic carbocycles. The van der Waals surface area contributed by atoms with Gasteiger partial charge in [-0.1, -0.05) is 30.3 Å². The van der Waals surface area contributed by atoms with Crippen LogP contribution in [0.5, 0.6) is 0 Å². The minimum Gasteiger partial charge on any atom is -0.345 e. The van der Waals surface area contributed by atoms with Crippen LogP contribution >= 0.6 is 0 Å². The fourth-order valence-corrected chi connectivity index (χ4v) is 2.36. The number of carbonyl (C=O) groups excluding carboxylic acids is 1. The summed E-state index contributed by atoms with van der Waals surface area (Å²) in [7, 11) is 0. The molecule has 4 nitrogen and oxygen atoms in total. The third-order valence-corrected chi connectivity index (χ3v) is 3.61. The molecule has 98 valence electrons. The van der Waals surface area contributed by atoms with Gasteiger partial charge in [0, 0.05) is 5.69 Å². The number of H-pyrrole nitrogens is 1. The number of nitrogens with one attached hydrogen (secondary N) is 2. The van der Waals surface area contributed by atoms with Crippen LogP contribution < -0.4 is 5.32 Å². The Bertz CT molecular complexity index is 572. The van der Waals surface area contributed by atoms with Crippen molar-refractivity contribution in [3.63, 3.8) is 0 Å². The molecule has 1 heterocycles. The number of rotatable bonds is 4. The summed E-state index contributed by atoms with van der Waals surface area (Å²) in [6.07, 6.45) is 3.95. The summed E-state index contributed by atoms with van der Waals surface area (Å²) in [6.45, 7) is 1.86. The molecule has 1 amide bonds. The predicted molar refractivity (Wildman–Crippen MR) is 72.7 cm³/mol. The van der Waals surface area contributed by atoms with E-state index in [0.29, 0.717) is 11.5 Å². The van der Waals surface area contributed by atoms with Crippen molar-refractivity contribution >= 4 is 5.91 Å². The molecule has 4 heteroatoms. The second kappa shape index (κ2) is 4.88. The van der Waals surface area contributed by atoms with Crippen molar-refractivity contribution in [2.75, 3.05) is 0 Å². The van der Waals surface area contributed by atoms with E-state index in [2.05, 4.69) is 27.6 Å². The first kappa shape index (κ1) is 12.0. The molecule has 0 aliphatic heterocycles. The molecule has 2 aromatic rings. The van der Waals surface area contributed by atoms with Crippen molar-refractivity contribution in [2.45, 2.75) is 25.8 Å². The smallest absolute Gasteiger partial charge is 0.255 e. The van der Waals surface area contributed by atoms with Crippen LogP contribution in [-0.4, -0.2) is 16.1 Å². The SMILES string of the molecule is Cc1[nH]ncc1C(=O)NC(c1ccccc1)C1CC1. The second-order valence-electron chi connectivity index (χ2n) is 5.11. The minimum absolute atomic E-state index is 0.0491. The first-order valence-corrected chi connectivity index (χ1v) is 6.61. The number of carbonyl (C=O) groups is 1. The van der Waals surface area contributed by atoms with E-state index in [0.717, 1.165) is 5.69 Å². The normalized spacial score (nSPS) is 16.1. The summed E-state index contributed by atoms with van der Waals surface area (Å²) in [5, 5.41) is 9.83. The van der Waals surface area contributed by atoms with Gasteiger partial charge in [0.05, 0.1) is 17.8 Å². The Morgan fingerprint density at radius 1 is 1.37 bits per heavy atom. The van der Waals surface area contributed by atoms with Gasteiger partial charge in [0.1, 0.15) is 0 Å². The molecular formula is C15H17N3O. The van der Waals surface area contributed by atoms with Gasteiger partial charge in [-0.05, 0) is 31.2 Å². The van der Waals surface area contributed by atoms with Crippen molar-refractivity contribution in [2.24, 2.45) is 5.92 Å². The van der Waals surface area contributed by atoms with Crippen LogP contribution in [0.1, 0.15) is 40.5 Å². The van der Waals surface area contributed by atoms with E-state index in [-0.39, 0.29) is 11.9 Å². The lowest BCUT2D eigenvalue weighted by Gasteiger charge is -2.18. The molecule has 19 heavy (non-hydrogen) atoms. The molecule has 1 unspecified atom stereocenters. The summed E-state index contributed by atoms with van der Waals surface area (Å²) >= 11 is 0. The third kappa shape index (κ3) is 2.52. The number of aromatic nitrogens is 2. The lowest BCUT2D eigenvalue weighted by Crippen LogP contribution is -2.30. The summed E-state index contributed by atoms with van der Waals surface area (Å²) < 4.78 is 0. The van der Waals surface area contributed by atoms with Gasteiger partial charge in [-0.15, -0.1) is 0 Å². The summed E-state index contributed by atoms with van der Waals surface area (Å²) in [4.78, 5) is 12.3. The quantitative estimate of drug-likeness (QED) is 0.882. The predicted octanol–water partition coefficient (Wildman–Crippen LogP) is 2.60. The summed E-state index contributed by atoms with van der Waals surface area (Å²) in [6, 6.07) is 10.3. The monoisotopic (exact) mass is 255 g/mol. The van der Waals surface area contributed by atoms with Crippen LogP contribution in [0.3, 0.4) is 0 Å². The Hall–Kier alpha value is -2.10. The zero-order valence-electron chi connectivity index (χ0n) is 10.9. The molecule has 1 aliphatic rings. The van der Waals surface area contributed by atoms with Gasteiger partial charge < -0.3 is 5.32 Å². The van der Waals surface area contributed by atoms with E-state index in [1.165, 1.54) is 18.4 Å². The van der Waals surface area contributed by atoms with Crippen LogP contribution in [0, 0.1) is 12.8 Å². The number of amides is 1. The zero-order chi connectivity index (χ0) is 13.2. The number of aromatic amines is 1. The van der Waals surface area contributed by atoms with Gasteiger partial charge >= 0.3 is 0 Å². The lowest BCUT2D eigenvalue weighted by molar-refractivity contribution is 0.0931. The Balaban J connectivity index is 1.79. The fraction of sp³-hybridized carbons (Fsp3) is 0.333. The molecule has 0 bridgehead atoms. The largest absolute Gasteiger partial charge is 0.345 e. The van der Waals surface area contributed by atoms with E-state index in [9.17, 15) is 4.79 Å². The van der Waals surface area contributed by atoms with E-state index in [1.807, 2.05) is 25.1 Å². The standard InChI is InChI=1S/C15H17N3O/c1-10-13(9-16-18-10)15(19)17-14(12-7-8-12)11-5-3-2-4-6-11/h2-6,9,12,14H,7-8H2,1H3,(H,16,18)(H,17,19). The fourth-order valence-electron chi connectivity index (χ4n) is 2.36. The number of hydrogen-bond acceptors (Lipinski definition) is 2. The molecule has 1 saturated carbocycles. The average molecular weight is 255 g/mol. The van der Waals surface area contributed by atoms with Crippen LogP contribution in [0.15, 0.2) is 36.5 Å². The van der Waals surface area contributed by atoms with Gasteiger partial charge in [0.15, 0.2) is 0 Å². The highest BCUT2D eigenvalue weighted by Gasteiger charge is 2.33. The molecule has 2 N–H and O–H groups in total. The van der Waals surface area contributed by atoms with Crippen molar-refractivity contribution in [3.05, 3.63) is 53.3 Å². The van der Waals surface area contributed by atoms with Crippen molar-refractivity contribution in [3.8, 4) is 0 Å². The highest BCUT2D eigenvalue weighted by Crippen LogP contribution is 2.41. The zero-order valence-corrected chi connectivity index (χ0v) is 10.9. The molecule has 1 atom stereocenters. The molecule has 1 aromatic heterocycles. The van der Waals surface area contributed by atoms with Gasteiger partial charge in [-0.3, -0.25) is 9.89 Å². The Labute approximate surface area is 112 Å². The maximum atomic E-state index is 12.3. The molecule has 0 spiro atoms. The Morgan fingerprint density at radius 3 is 2.68 bits per heavy atom. The number of aryl methyl sites for hydroxylation is 1. The highest BCUT2D eigenvalue weighted by molar-refractivity contribution is 5.95. The maximum absolute atomic E-state index is 12.3. The highest BCUT2D eigenvalue weighted by atomic mass is 16.1. The summed E-state index contributed by atoms with van der Waals surface area (Å²) in [5.41, 5.74) is 2.61. The molecule has 1 aromatic carbocycles. The van der Waals surface area contributed by atoms with E-state index in [4.69, 9.17) is 0 Å². The van der Waals surface area contributed by atoms with Gasteiger partial charge in [-0.25, -0.2) is 0 Å². The van der Waals surface area contributed by atoms with Crippen molar-refractivity contribution in [1.29, 1.82) is 0 Å². The topological polar surface area (TPSA) is 57.8 Å². The van der Waals surface area contributed by atoms with Crippen molar-refractivity contribution < 1.29 is 4.79 Å². The van der Waals surface area contributed by atoms with Gasteiger partial charge in [0.2, 0.25) is 0 Å².